The number of aliphatic hydroxyl groups is 1. The Kier molecular flexibility index (Phi) is 8.19. The molecule has 1 aliphatic rings. The summed E-state index contributed by atoms with van der Waals surface area (Å²) in [5.74, 6) is 0.237. The molecular formula is C20H25ClN2O5. The standard InChI is InChI=1S/C20H24N2O5.ClH/c1-26-12-11-21-17-9-7-15-16(20(17)23)8-10-18(19(15)22(24)25)27-13-14-5-3-2-4-6-14;/h2-6,8,10,17,20-21,23H,7,9,11-13H2,1H3;1H. The number of nitrogens with zero attached hydrogens (tertiary/aromatic N) is 1. The monoisotopic (exact) mass is 408 g/mol. The van der Waals surface area contributed by atoms with Crippen molar-refractivity contribution in [1.82, 2.24) is 5.32 Å². The highest BCUT2D eigenvalue weighted by Crippen LogP contribution is 2.41. The van der Waals surface area contributed by atoms with E-state index >= 15 is 0 Å². The first-order valence-electron chi connectivity index (χ1n) is 8.99. The number of aliphatic hydroxyl groups excluding tert-OH is 1. The fraction of sp³-hybridized carbons (Fsp3) is 0.400. The maximum absolute atomic E-state index is 11.7. The summed E-state index contributed by atoms with van der Waals surface area (Å²) in [6.45, 7) is 1.42. The predicted molar refractivity (Wildman–Crippen MR) is 108 cm³/mol. The topological polar surface area (TPSA) is 93.9 Å². The highest BCUT2D eigenvalue weighted by Gasteiger charge is 2.34. The van der Waals surface area contributed by atoms with Crippen LogP contribution in [-0.4, -0.2) is 36.3 Å². The number of nitro groups is 1. The summed E-state index contributed by atoms with van der Waals surface area (Å²) >= 11 is 0. The number of halogens is 1. The van der Waals surface area contributed by atoms with Gasteiger partial charge in [-0.3, -0.25) is 10.1 Å². The van der Waals surface area contributed by atoms with Crippen LogP contribution in [0.4, 0.5) is 5.69 Å². The number of methoxy groups -OCH3 is 1. The lowest BCUT2D eigenvalue weighted by atomic mass is 9.84. The van der Waals surface area contributed by atoms with E-state index in [9.17, 15) is 15.2 Å². The van der Waals surface area contributed by atoms with Crippen molar-refractivity contribution in [3.63, 3.8) is 0 Å². The fourth-order valence-corrected chi connectivity index (χ4v) is 3.46. The van der Waals surface area contributed by atoms with Gasteiger partial charge in [0.1, 0.15) is 6.61 Å². The van der Waals surface area contributed by atoms with Gasteiger partial charge in [0.05, 0.1) is 17.6 Å². The van der Waals surface area contributed by atoms with Crippen molar-refractivity contribution in [3.05, 3.63) is 69.3 Å². The minimum Gasteiger partial charge on any atom is -0.482 e. The third-order valence-electron chi connectivity index (χ3n) is 4.82. The zero-order valence-electron chi connectivity index (χ0n) is 15.7. The van der Waals surface area contributed by atoms with Crippen molar-refractivity contribution in [2.24, 2.45) is 0 Å². The lowest BCUT2D eigenvalue weighted by molar-refractivity contribution is -0.386. The van der Waals surface area contributed by atoms with Crippen LogP contribution in [0.1, 0.15) is 29.2 Å². The SMILES string of the molecule is COCCNC1CCc2c(ccc(OCc3ccccc3)c2[N+](=O)[O-])C1O.Cl. The van der Waals surface area contributed by atoms with E-state index in [0.29, 0.717) is 37.1 Å². The van der Waals surface area contributed by atoms with Gasteiger partial charge < -0.3 is 19.9 Å². The molecule has 0 saturated carbocycles. The van der Waals surface area contributed by atoms with Crippen molar-refractivity contribution in [3.8, 4) is 5.75 Å². The number of nitro benzene ring substituents is 1. The number of fused-ring (bicyclic) bond motifs is 1. The number of rotatable bonds is 8. The summed E-state index contributed by atoms with van der Waals surface area (Å²) in [7, 11) is 1.62. The molecule has 1 aliphatic carbocycles. The van der Waals surface area contributed by atoms with Crippen molar-refractivity contribution < 1.29 is 19.5 Å². The van der Waals surface area contributed by atoms with Gasteiger partial charge in [-0.25, -0.2) is 0 Å². The van der Waals surface area contributed by atoms with Crippen LogP contribution in [0.25, 0.3) is 0 Å². The Morgan fingerprint density at radius 3 is 2.68 bits per heavy atom. The molecular weight excluding hydrogens is 384 g/mol. The molecule has 2 aromatic carbocycles. The van der Waals surface area contributed by atoms with E-state index in [1.165, 1.54) is 0 Å². The minimum atomic E-state index is -0.799. The van der Waals surface area contributed by atoms with Crippen LogP contribution in [-0.2, 0) is 17.8 Å². The minimum absolute atomic E-state index is 0. The quantitative estimate of drug-likeness (QED) is 0.396. The maximum Gasteiger partial charge on any atom is 0.314 e. The van der Waals surface area contributed by atoms with Crippen molar-refractivity contribution in [2.45, 2.75) is 31.6 Å². The van der Waals surface area contributed by atoms with E-state index in [-0.39, 0.29) is 36.5 Å². The van der Waals surface area contributed by atoms with E-state index in [4.69, 9.17) is 9.47 Å². The molecule has 0 aromatic heterocycles. The van der Waals surface area contributed by atoms with Crippen molar-refractivity contribution in [1.29, 1.82) is 0 Å². The summed E-state index contributed by atoms with van der Waals surface area (Å²) in [5, 5.41) is 25.6. The zero-order chi connectivity index (χ0) is 19.2. The van der Waals surface area contributed by atoms with Crippen molar-refractivity contribution in [2.75, 3.05) is 20.3 Å². The molecule has 28 heavy (non-hydrogen) atoms. The Morgan fingerprint density at radius 1 is 1.25 bits per heavy atom. The largest absolute Gasteiger partial charge is 0.482 e. The summed E-state index contributed by atoms with van der Waals surface area (Å²) in [5.41, 5.74) is 2.04. The molecule has 0 radical (unpaired) electrons. The van der Waals surface area contributed by atoms with E-state index in [0.717, 1.165) is 5.56 Å². The molecule has 3 rings (SSSR count). The molecule has 0 heterocycles. The van der Waals surface area contributed by atoms with Gasteiger partial charge in [-0.05, 0) is 30.0 Å². The smallest absolute Gasteiger partial charge is 0.314 e. The molecule has 0 amide bonds. The molecule has 152 valence electrons. The van der Waals surface area contributed by atoms with Crippen LogP contribution in [0.2, 0.25) is 0 Å². The predicted octanol–water partition coefficient (Wildman–Crippen LogP) is 3.18. The van der Waals surface area contributed by atoms with Gasteiger partial charge >= 0.3 is 5.69 Å². The van der Waals surface area contributed by atoms with Gasteiger partial charge in [-0.1, -0.05) is 36.4 Å². The number of ether oxygens (including phenoxy) is 2. The highest BCUT2D eigenvalue weighted by atomic mass is 35.5. The average Bonchev–Trinajstić information content (AvgIpc) is 2.68. The molecule has 2 aromatic rings. The van der Waals surface area contributed by atoms with E-state index in [1.54, 1.807) is 19.2 Å². The molecule has 0 aliphatic heterocycles. The second-order valence-electron chi connectivity index (χ2n) is 6.55. The number of benzene rings is 2. The molecule has 2 unspecified atom stereocenters. The zero-order valence-corrected chi connectivity index (χ0v) is 16.5. The Hall–Kier alpha value is -2.19. The number of hydrogen-bond acceptors (Lipinski definition) is 6. The number of hydrogen-bond donors (Lipinski definition) is 2. The second kappa shape index (κ2) is 10.4. The normalized spacial score (nSPS) is 18.1. The molecule has 0 bridgehead atoms. The fourth-order valence-electron chi connectivity index (χ4n) is 3.46. The summed E-state index contributed by atoms with van der Waals surface area (Å²) in [4.78, 5) is 11.3. The molecule has 0 saturated heterocycles. The van der Waals surface area contributed by atoms with Crippen LogP contribution in [0.15, 0.2) is 42.5 Å². The third kappa shape index (κ3) is 4.99. The Bertz CT molecular complexity index is 788. The van der Waals surface area contributed by atoms with Gasteiger partial charge in [-0.2, -0.15) is 0 Å². The lowest BCUT2D eigenvalue weighted by Gasteiger charge is -2.31. The van der Waals surface area contributed by atoms with Crippen molar-refractivity contribution >= 4 is 18.1 Å². The van der Waals surface area contributed by atoms with Crippen LogP contribution in [0.3, 0.4) is 0 Å². The van der Waals surface area contributed by atoms with Crippen LogP contribution in [0.5, 0.6) is 5.75 Å². The first-order valence-corrected chi connectivity index (χ1v) is 8.99. The Morgan fingerprint density at radius 2 is 2.00 bits per heavy atom. The summed E-state index contributed by atoms with van der Waals surface area (Å²) in [6, 6.07) is 12.7. The van der Waals surface area contributed by atoms with E-state index < -0.39 is 11.0 Å². The molecule has 2 atom stereocenters. The summed E-state index contributed by atoms with van der Waals surface area (Å²) in [6.07, 6.45) is 0.323. The van der Waals surface area contributed by atoms with E-state index in [1.807, 2.05) is 30.3 Å². The molecule has 8 heteroatoms. The molecule has 7 nitrogen and oxygen atoms in total. The van der Waals surface area contributed by atoms with Gasteiger partial charge in [0.25, 0.3) is 0 Å². The van der Waals surface area contributed by atoms with E-state index in [2.05, 4.69) is 5.32 Å². The average molecular weight is 409 g/mol. The first kappa shape index (κ1) is 22.1. The lowest BCUT2D eigenvalue weighted by Crippen LogP contribution is -2.40. The first-order chi connectivity index (χ1) is 13.1. The van der Waals surface area contributed by atoms with Crippen LogP contribution in [0, 0.1) is 10.1 Å². The Balaban J connectivity index is 0.00000280. The highest BCUT2D eigenvalue weighted by molar-refractivity contribution is 5.85. The Labute approximate surface area is 170 Å². The summed E-state index contributed by atoms with van der Waals surface area (Å²) < 4.78 is 10.8. The second-order valence-corrected chi connectivity index (χ2v) is 6.55. The maximum atomic E-state index is 11.7. The van der Waals surface area contributed by atoms with Crippen LogP contribution < -0.4 is 10.1 Å². The molecule has 0 fully saturated rings. The van der Waals surface area contributed by atoms with Gasteiger partial charge in [0.15, 0.2) is 5.75 Å². The third-order valence-corrected chi connectivity index (χ3v) is 4.82. The molecule has 0 spiro atoms. The van der Waals surface area contributed by atoms with Crippen LogP contribution >= 0.6 is 12.4 Å². The van der Waals surface area contributed by atoms with Gasteiger partial charge in [0, 0.05) is 25.3 Å². The van der Waals surface area contributed by atoms with Gasteiger partial charge in [-0.15, -0.1) is 12.4 Å². The van der Waals surface area contributed by atoms with Gasteiger partial charge in [0.2, 0.25) is 0 Å². The number of nitrogens with one attached hydrogen (secondary N) is 1. The molecule has 2 N–H and O–H groups in total.